The third-order valence-corrected chi connectivity index (χ3v) is 3.53. The van der Waals surface area contributed by atoms with Gasteiger partial charge >= 0.3 is 5.97 Å². The van der Waals surface area contributed by atoms with E-state index in [0.717, 1.165) is 18.4 Å². The molecule has 1 saturated heterocycles. The van der Waals surface area contributed by atoms with Crippen LogP contribution in [0, 0.1) is 0 Å². The van der Waals surface area contributed by atoms with Gasteiger partial charge in [0.1, 0.15) is 5.75 Å². The second-order valence-corrected chi connectivity index (χ2v) is 4.74. The van der Waals surface area contributed by atoms with Crippen molar-refractivity contribution in [3.8, 4) is 5.75 Å². The van der Waals surface area contributed by atoms with Crippen LogP contribution in [0.1, 0.15) is 28.4 Å². The molecule has 1 aliphatic heterocycles. The van der Waals surface area contributed by atoms with Gasteiger partial charge < -0.3 is 19.1 Å². The average Bonchev–Trinajstić information content (AvgIpc) is 2.78. The van der Waals surface area contributed by atoms with E-state index in [2.05, 4.69) is 0 Å². The van der Waals surface area contributed by atoms with Gasteiger partial charge in [0.2, 0.25) is 6.41 Å². The van der Waals surface area contributed by atoms with Gasteiger partial charge in [0.25, 0.3) is 0 Å². The quantitative estimate of drug-likeness (QED) is 0.620. The maximum Gasteiger partial charge on any atom is 0.337 e. The van der Waals surface area contributed by atoms with Crippen LogP contribution in [0.2, 0.25) is 0 Å². The number of hydrogen-bond acceptors (Lipinski definition) is 5. The second kappa shape index (κ2) is 7.08. The molecule has 1 aromatic carbocycles. The molecule has 0 aliphatic carbocycles. The van der Waals surface area contributed by atoms with E-state index in [1.807, 2.05) is 0 Å². The maximum atomic E-state index is 11.7. The molecule has 0 radical (unpaired) electrons. The van der Waals surface area contributed by atoms with Gasteiger partial charge in [0, 0.05) is 18.7 Å². The fourth-order valence-corrected chi connectivity index (χ4v) is 2.43. The highest BCUT2D eigenvalue weighted by Gasteiger charge is 2.26. The molecule has 114 valence electrons. The third-order valence-electron chi connectivity index (χ3n) is 3.53. The number of carbonyl (C=O) groups is 2. The normalized spacial score (nSPS) is 18.8. The van der Waals surface area contributed by atoms with Crippen molar-refractivity contribution in [1.82, 2.24) is 4.90 Å². The standard InChI is InChI=1S/C15H19NO5/c1-19-14-5-4-11(15(18)20-2)8-12(14)13-9-21-7-3-6-16(13)10-17/h4-5,8,10,13H,3,6-7,9H2,1-2H3/t13-/m0/s1. The van der Waals surface area contributed by atoms with Crippen molar-refractivity contribution in [3.05, 3.63) is 29.3 Å². The average molecular weight is 293 g/mol. The Morgan fingerprint density at radius 3 is 2.90 bits per heavy atom. The van der Waals surface area contributed by atoms with Crippen molar-refractivity contribution in [1.29, 1.82) is 0 Å². The van der Waals surface area contributed by atoms with E-state index in [1.54, 1.807) is 30.2 Å². The van der Waals surface area contributed by atoms with Gasteiger partial charge in [-0.25, -0.2) is 4.79 Å². The minimum Gasteiger partial charge on any atom is -0.496 e. The monoisotopic (exact) mass is 293 g/mol. The first-order chi connectivity index (χ1) is 10.2. The Hall–Kier alpha value is -2.08. The van der Waals surface area contributed by atoms with Crippen LogP contribution in [-0.2, 0) is 14.3 Å². The van der Waals surface area contributed by atoms with Crippen LogP contribution in [0.3, 0.4) is 0 Å². The fourth-order valence-electron chi connectivity index (χ4n) is 2.43. The first kappa shape index (κ1) is 15.3. The lowest BCUT2D eigenvalue weighted by Gasteiger charge is -2.27. The summed E-state index contributed by atoms with van der Waals surface area (Å²) in [5.41, 5.74) is 1.16. The summed E-state index contributed by atoms with van der Waals surface area (Å²) in [6, 6.07) is 4.76. The molecule has 0 N–H and O–H groups in total. The number of benzene rings is 1. The lowest BCUT2D eigenvalue weighted by atomic mass is 10.0. The highest BCUT2D eigenvalue weighted by molar-refractivity contribution is 5.89. The first-order valence-electron chi connectivity index (χ1n) is 6.76. The number of rotatable bonds is 4. The maximum absolute atomic E-state index is 11.7. The minimum absolute atomic E-state index is 0.274. The predicted molar refractivity (Wildman–Crippen MR) is 75.3 cm³/mol. The summed E-state index contributed by atoms with van der Waals surface area (Å²) in [4.78, 5) is 24.7. The lowest BCUT2D eigenvalue weighted by molar-refractivity contribution is -0.120. The van der Waals surface area contributed by atoms with E-state index >= 15 is 0 Å². The van der Waals surface area contributed by atoms with Gasteiger partial charge in [0.05, 0.1) is 32.4 Å². The summed E-state index contributed by atoms with van der Waals surface area (Å²) in [6.45, 7) is 1.60. The van der Waals surface area contributed by atoms with Crippen LogP contribution in [-0.4, -0.2) is 51.3 Å². The molecule has 0 aromatic heterocycles. The molecule has 6 nitrogen and oxygen atoms in total. The van der Waals surface area contributed by atoms with Crippen LogP contribution in [0.25, 0.3) is 0 Å². The lowest BCUT2D eigenvalue weighted by Crippen LogP contribution is -2.29. The fraction of sp³-hybridized carbons (Fsp3) is 0.467. The van der Waals surface area contributed by atoms with E-state index in [-0.39, 0.29) is 6.04 Å². The van der Waals surface area contributed by atoms with E-state index in [0.29, 0.717) is 31.1 Å². The molecule has 1 fully saturated rings. The van der Waals surface area contributed by atoms with Crippen LogP contribution in [0.4, 0.5) is 0 Å². The molecule has 1 amide bonds. The molecule has 0 bridgehead atoms. The molecule has 0 unspecified atom stereocenters. The van der Waals surface area contributed by atoms with Gasteiger partial charge in [-0.3, -0.25) is 4.79 Å². The zero-order valence-corrected chi connectivity index (χ0v) is 12.2. The van der Waals surface area contributed by atoms with Crippen molar-refractivity contribution in [2.45, 2.75) is 12.5 Å². The Morgan fingerprint density at radius 1 is 1.43 bits per heavy atom. The summed E-state index contributed by atoms with van der Waals surface area (Å²) >= 11 is 0. The Bertz CT molecular complexity index is 517. The van der Waals surface area contributed by atoms with Gasteiger partial charge in [-0.2, -0.15) is 0 Å². The molecular weight excluding hydrogens is 274 g/mol. The number of methoxy groups -OCH3 is 2. The Kier molecular flexibility index (Phi) is 5.16. The smallest absolute Gasteiger partial charge is 0.337 e. The summed E-state index contributed by atoms with van der Waals surface area (Å²) in [7, 11) is 2.89. The predicted octanol–water partition coefficient (Wildman–Crippen LogP) is 1.40. The van der Waals surface area contributed by atoms with E-state index in [1.165, 1.54) is 7.11 Å². The van der Waals surface area contributed by atoms with Crippen LogP contribution in [0.15, 0.2) is 18.2 Å². The number of hydrogen-bond donors (Lipinski definition) is 0. The van der Waals surface area contributed by atoms with Gasteiger partial charge in [0.15, 0.2) is 0 Å². The molecule has 2 rings (SSSR count). The van der Waals surface area contributed by atoms with Crippen molar-refractivity contribution in [2.24, 2.45) is 0 Å². The largest absolute Gasteiger partial charge is 0.496 e. The van der Waals surface area contributed by atoms with E-state index in [4.69, 9.17) is 14.2 Å². The van der Waals surface area contributed by atoms with Crippen molar-refractivity contribution >= 4 is 12.4 Å². The summed E-state index contributed by atoms with van der Waals surface area (Å²) in [6.07, 6.45) is 1.60. The second-order valence-electron chi connectivity index (χ2n) is 4.74. The highest BCUT2D eigenvalue weighted by atomic mass is 16.5. The molecular formula is C15H19NO5. The van der Waals surface area contributed by atoms with Crippen LogP contribution < -0.4 is 4.74 Å². The summed E-state index contributed by atoms with van der Waals surface area (Å²) in [5.74, 6) is 0.191. The van der Waals surface area contributed by atoms with Gasteiger partial charge in [-0.1, -0.05) is 0 Å². The SMILES string of the molecule is COC(=O)c1ccc(OC)c([C@@H]2COCCCN2C=O)c1. The van der Waals surface area contributed by atoms with Crippen molar-refractivity contribution in [2.75, 3.05) is 34.0 Å². The molecule has 1 heterocycles. The van der Waals surface area contributed by atoms with Crippen molar-refractivity contribution in [3.63, 3.8) is 0 Å². The van der Waals surface area contributed by atoms with E-state index in [9.17, 15) is 9.59 Å². The number of ether oxygens (including phenoxy) is 3. The molecule has 1 aliphatic rings. The van der Waals surface area contributed by atoms with Crippen LogP contribution in [0.5, 0.6) is 5.75 Å². The van der Waals surface area contributed by atoms with Crippen molar-refractivity contribution < 1.29 is 23.8 Å². The Balaban J connectivity index is 2.42. The first-order valence-corrected chi connectivity index (χ1v) is 6.76. The highest BCUT2D eigenvalue weighted by Crippen LogP contribution is 2.31. The topological polar surface area (TPSA) is 65.1 Å². The summed E-state index contributed by atoms with van der Waals surface area (Å²) < 4.78 is 15.6. The van der Waals surface area contributed by atoms with Gasteiger partial charge in [-0.05, 0) is 24.6 Å². The van der Waals surface area contributed by atoms with E-state index < -0.39 is 5.97 Å². The molecule has 0 spiro atoms. The number of amides is 1. The number of nitrogens with zero attached hydrogens (tertiary/aromatic N) is 1. The number of carbonyl (C=O) groups excluding carboxylic acids is 2. The number of esters is 1. The van der Waals surface area contributed by atoms with Crippen LogP contribution >= 0.6 is 0 Å². The summed E-state index contributed by atoms with van der Waals surface area (Å²) in [5, 5.41) is 0. The molecule has 0 saturated carbocycles. The molecule has 1 aromatic rings. The molecule has 1 atom stereocenters. The zero-order valence-electron chi connectivity index (χ0n) is 12.2. The zero-order chi connectivity index (χ0) is 15.2. The Morgan fingerprint density at radius 2 is 2.24 bits per heavy atom. The molecule has 21 heavy (non-hydrogen) atoms. The van der Waals surface area contributed by atoms with Gasteiger partial charge in [-0.15, -0.1) is 0 Å². The Labute approximate surface area is 123 Å². The molecule has 6 heteroatoms. The third kappa shape index (κ3) is 3.33. The minimum atomic E-state index is -0.425.